The normalized spacial score (nSPS) is 20.6. The number of piperidine rings is 1. The molecule has 5 rings (SSSR count). The van der Waals surface area contributed by atoms with Crippen LogP contribution in [0.1, 0.15) is 24.8 Å². The molecule has 2 saturated heterocycles. The zero-order chi connectivity index (χ0) is 22.3. The zero-order valence-electron chi connectivity index (χ0n) is 17.9. The number of pyridine rings is 1. The van der Waals surface area contributed by atoms with Crippen LogP contribution in [0.3, 0.4) is 0 Å². The van der Waals surface area contributed by atoms with Gasteiger partial charge in [0.05, 0.1) is 17.8 Å². The summed E-state index contributed by atoms with van der Waals surface area (Å²) in [4.78, 5) is 29.1. The number of anilines is 2. The Morgan fingerprint density at radius 3 is 2.75 bits per heavy atom. The van der Waals surface area contributed by atoms with Gasteiger partial charge in [-0.05, 0) is 24.6 Å². The van der Waals surface area contributed by atoms with Gasteiger partial charge in [-0.25, -0.2) is 15.0 Å². The number of hydrogen-bond acceptors (Lipinski definition) is 7. The summed E-state index contributed by atoms with van der Waals surface area (Å²) in [7, 11) is 1.74. The van der Waals surface area contributed by atoms with Crippen molar-refractivity contribution in [2.75, 3.05) is 37.3 Å². The van der Waals surface area contributed by atoms with E-state index in [4.69, 9.17) is 10.7 Å². The van der Waals surface area contributed by atoms with Crippen molar-refractivity contribution in [2.45, 2.75) is 24.9 Å². The first-order chi connectivity index (χ1) is 15.4. The lowest BCUT2D eigenvalue weighted by Gasteiger charge is -2.33. The van der Waals surface area contributed by atoms with Crippen molar-refractivity contribution < 1.29 is 9.90 Å². The fourth-order valence-corrected chi connectivity index (χ4v) is 3.99. The average molecular weight is 428 g/mol. The second-order valence-corrected chi connectivity index (χ2v) is 8.43. The molecule has 1 atom stereocenters. The van der Waals surface area contributed by atoms with Crippen molar-refractivity contribution >= 4 is 28.4 Å². The lowest BCUT2D eigenvalue weighted by atomic mass is 9.91. The zero-order valence-corrected chi connectivity index (χ0v) is 17.9. The Labute approximate surface area is 186 Å². The van der Waals surface area contributed by atoms with E-state index in [-0.39, 0.29) is 12.3 Å². The maximum atomic E-state index is 12.0. The molecule has 0 aliphatic carbocycles. The Hall–Kier alpha value is -3.70. The van der Waals surface area contributed by atoms with Gasteiger partial charge >= 0.3 is 0 Å². The summed E-state index contributed by atoms with van der Waals surface area (Å²) in [6.07, 6.45) is 3.07. The van der Waals surface area contributed by atoms with Gasteiger partial charge in [-0.2, -0.15) is 0 Å². The number of nitrogens with two attached hydrogens (primary N) is 1. The first-order valence-corrected chi connectivity index (χ1v) is 10.7. The van der Waals surface area contributed by atoms with Crippen molar-refractivity contribution in [3.63, 3.8) is 0 Å². The van der Waals surface area contributed by atoms with E-state index >= 15 is 0 Å². The third-order valence-electron chi connectivity index (χ3n) is 6.12. The first-order valence-electron chi connectivity index (χ1n) is 10.7. The minimum Gasteiger partial charge on any atom is -0.382 e. The second-order valence-electron chi connectivity index (χ2n) is 8.43. The summed E-state index contributed by atoms with van der Waals surface area (Å²) >= 11 is 0. The molecule has 162 valence electrons. The van der Waals surface area contributed by atoms with Crippen LogP contribution in [0.25, 0.3) is 22.3 Å². The minimum atomic E-state index is -1.29. The van der Waals surface area contributed by atoms with Gasteiger partial charge in [0.25, 0.3) is 0 Å². The smallest absolute Gasteiger partial charge is 0.226 e. The molecule has 0 radical (unpaired) electrons. The number of aromatic nitrogens is 3. The lowest BCUT2D eigenvalue weighted by Crippen LogP contribution is -2.45. The van der Waals surface area contributed by atoms with Gasteiger partial charge < -0.3 is 20.6 Å². The molecule has 0 spiro atoms. The number of amides is 1. The summed E-state index contributed by atoms with van der Waals surface area (Å²) in [6.45, 7) is 2.44. The van der Waals surface area contributed by atoms with Crippen LogP contribution in [-0.4, -0.2) is 63.1 Å². The van der Waals surface area contributed by atoms with E-state index in [0.29, 0.717) is 24.3 Å². The fraction of sp³-hybridized carbons (Fsp3) is 0.333. The summed E-state index contributed by atoms with van der Waals surface area (Å²) < 4.78 is 0. The lowest BCUT2D eigenvalue weighted by molar-refractivity contribution is -0.138. The molecule has 8 heteroatoms. The van der Waals surface area contributed by atoms with Crippen LogP contribution >= 0.6 is 0 Å². The maximum absolute atomic E-state index is 12.0. The molecule has 2 aliphatic rings. The van der Waals surface area contributed by atoms with Crippen molar-refractivity contribution in [1.29, 1.82) is 0 Å². The minimum absolute atomic E-state index is 0.0148. The third kappa shape index (κ3) is 3.72. The predicted octanol–water partition coefficient (Wildman–Crippen LogP) is 1.82. The molecule has 2 aromatic heterocycles. The number of rotatable bonds is 2. The number of hydrogen-bond donors (Lipinski definition) is 2. The van der Waals surface area contributed by atoms with E-state index in [2.05, 4.69) is 26.7 Å². The van der Waals surface area contributed by atoms with Crippen LogP contribution in [-0.2, 0) is 4.79 Å². The largest absolute Gasteiger partial charge is 0.382 e. The van der Waals surface area contributed by atoms with Gasteiger partial charge in [-0.1, -0.05) is 24.0 Å². The Morgan fingerprint density at radius 2 is 2.00 bits per heavy atom. The van der Waals surface area contributed by atoms with Crippen molar-refractivity contribution in [3.05, 3.63) is 42.2 Å². The Kier molecular flexibility index (Phi) is 4.91. The molecule has 0 saturated carbocycles. The Balaban J connectivity index is 1.52. The van der Waals surface area contributed by atoms with Crippen LogP contribution in [0.15, 0.2) is 36.7 Å². The monoisotopic (exact) mass is 428 g/mol. The van der Waals surface area contributed by atoms with Gasteiger partial charge in [0.1, 0.15) is 23.0 Å². The summed E-state index contributed by atoms with van der Waals surface area (Å²) in [5.41, 5.74) is 9.55. The van der Waals surface area contributed by atoms with E-state index in [9.17, 15) is 9.90 Å². The van der Waals surface area contributed by atoms with Gasteiger partial charge in [0, 0.05) is 44.2 Å². The molecular weight excluding hydrogens is 404 g/mol. The molecule has 3 aromatic rings. The Morgan fingerprint density at radius 1 is 1.16 bits per heavy atom. The van der Waals surface area contributed by atoms with Crippen LogP contribution in [0, 0.1) is 11.8 Å². The highest BCUT2D eigenvalue weighted by Gasteiger charge is 2.34. The van der Waals surface area contributed by atoms with E-state index in [1.807, 2.05) is 30.3 Å². The number of aliphatic hydroxyl groups is 1. The molecule has 3 N–H and O–H groups in total. The van der Waals surface area contributed by atoms with Crippen LogP contribution < -0.4 is 10.6 Å². The quantitative estimate of drug-likeness (QED) is 0.600. The van der Waals surface area contributed by atoms with E-state index in [0.717, 1.165) is 47.5 Å². The van der Waals surface area contributed by atoms with Crippen LogP contribution in [0.4, 0.5) is 11.5 Å². The molecule has 0 unspecified atom stereocenters. The molecule has 1 amide bonds. The SMILES string of the molecule is CN1CC[C@@](O)(C#Cc2cccc(-c3cc(N4CCC4)c4ncnc(N)c4n3)c2)CC1=O. The van der Waals surface area contributed by atoms with Gasteiger partial charge in [0.2, 0.25) is 5.91 Å². The van der Waals surface area contributed by atoms with Gasteiger partial charge in [-0.3, -0.25) is 4.79 Å². The molecule has 1 aromatic carbocycles. The molecule has 4 heterocycles. The molecule has 0 bridgehead atoms. The van der Waals surface area contributed by atoms with E-state index < -0.39 is 5.60 Å². The summed E-state index contributed by atoms with van der Waals surface area (Å²) in [6, 6.07) is 9.71. The number of benzene rings is 1. The van der Waals surface area contributed by atoms with Crippen LogP contribution in [0.5, 0.6) is 0 Å². The third-order valence-corrected chi connectivity index (χ3v) is 6.12. The number of carbonyl (C=O) groups excluding carboxylic acids is 1. The highest BCUT2D eigenvalue weighted by atomic mass is 16.3. The highest BCUT2D eigenvalue weighted by molar-refractivity contribution is 5.96. The molecule has 8 nitrogen and oxygen atoms in total. The van der Waals surface area contributed by atoms with Gasteiger partial charge in [0.15, 0.2) is 5.82 Å². The van der Waals surface area contributed by atoms with Crippen molar-refractivity contribution in [2.24, 2.45) is 0 Å². The molecule has 32 heavy (non-hydrogen) atoms. The first kappa shape index (κ1) is 20.2. The topological polar surface area (TPSA) is 108 Å². The van der Waals surface area contributed by atoms with Crippen molar-refractivity contribution in [1.82, 2.24) is 19.9 Å². The van der Waals surface area contributed by atoms with Crippen LogP contribution in [0.2, 0.25) is 0 Å². The second kappa shape index (κ2) is 7.77. The number of nitrogens with zero attached hydrogens (tertiary/aromatic N) is 5. The number of carbonyl (C=O) groups is 1. The molecular formula is C24H24N6O2. The van der Waals surface area contributed by atoms with E-state index in [1.165, 1.54) is 6.33 Å². The summed E-state index contributed by atoms with van der Waals surface area (Å²) in [5, 5.41) is 10.7. The van der Waals surface area contributed by atoms with Crippen molar-refractivity contribution in [3.8, 4) is 23.1 Å². The average Bonchev–Trinajstić information content (AvgIpc) is 2.75. The van der Waals surface area contributed by atoms with E-state index in [1.54, 1.807) is 11.9 Å². The number of likely N-dealkylation sites (tertiary alicyclic amines) is 1. The standard InChI is InChI=1S/C24H24N6O2/c1-29-11-8-24(32,14-20(29)31)7-6-16-4-2-5-17(12-16)18-13-19(30-9-3-10-30)21-22(28-18)23(25)27-15-26-21/h2,4-5,12-13,15,32H,3,8-11,14H2,1H3,(H2,25,26,27)/t24-/m0/s1. The number of nitrogen functional groups attached to an aromatic ring is 1. The Bertz CT molecular complexity index is 1280. The molecule has 2 fully saturated rings. The highest BCUT2D eigenvalue weighted by Crippen LogP contribution is 2.33. The predicted molar refractivity (Wildman–Crippen MR) is 123 cm³/mol. The van der Waals surface area contributed by atoms with Gasteiger partial charge in [-0.15, -0.1) is 0 Å². The summed E-state index contributed by atoms with van der Waals surface area (Å²) in [5.74, 6) is 6.22. The number of fused-ring (bicyclic) bond motifs is 1. The molecule has 2 aliphatic heterocycles. The maximum Gasteiger partial charge on any atom is 0.226 e. The fourth-order valence-electron chi connectivity index (χ4n) is 3.99.